The molecule has 1 atom stereocenters. The molecule has 1 aliphatic heterocycles. The normalized spacial score (nSPS) is 17.8. The van der Waals surface area contributed by atoms with Crippen molar-refractivity contribution in [3.05, 3.63) is 30.4 Å². The molecule has 0 fully saturated rings. The lowest BCUT2D eigenvalue weighted by molar-refractivity contribution is -0.138. The van der Waals surface area contributed by atoms with Gasteiger partial charge in [0.25, 0.3) is 0 Å². The number of methoxy groups -OCH3 is 1. The van der Waals surface area contributed by atoms with Crippen molar-refractivity contribution in [3.8, 4) is 0 Å². The Kier molecular flexibility index (Phi) is 3.70. The number of carbonyl (C=O) groups is 1. The van der Waals surface area contributed by atoms with E-state index in [1.807, 2.05) is 18.0 Å². The summed E-state index contributed by atoms with van der Waals surface area (Å²) in [5.41, 5.74) is 1.07. The number of amides is 1. The maximum absolute atomic E-state index is 12.0. The Bertz CT molecular complexity index is 621. The van der Waals surface area contributed by atoms with Crippen LogP contribution in [0.2, 0.25) is 0 Å². The van der Waals surface area contributed by atoms with Crippen LogP contribution in [0.25, 0.3) is 0 Å². The third-order valence-electron chi connectivity index (χ3n) is 3.75. The minimum atomic E-state index is -0.0501. The first-order valence-corrected chi connectivity index (χ1v) is 6.86. The lowest BCUT2D eigenvalue weighted by Crippen LogP contribution is -2.43. The summed E-state index contributed by atoms with van der Waals surface area (Å²) in [7, 11) is 1.53. The van der Waals surface area contributed by atoms with Gasteiger partial charge in [0.2, 0.25) is 5.91 Å². The van der Waals surface area contributed by atoms with Crippen LogP contribution in [0.5, 0.6) is 0 Å². The lowest BCUT2D eigenvalue weighted by Gasteiger charge is -2.34. The van der Waals surface area contributed by atoms with Crippen LogP contribution in [0.15, 0.2) is 18.9 Å². The molecule has 3 heterocycles. The van der Waals surface area contributed by atoms with Crippen LogP contribution < -0.4 is 0 Å². The largest absolute Gasteiger partial charge is 0.375 e. The molecule has 2 aromatic rings. The summed E-state index contributed by atoms with van der Waals surface area (Å²) in [6.07, 6.45) is 5.04. The molecule has 0 radical (unpaired) electrons. The zero-order valence-electron chi connectivity index (χ0n) is 12.1. The maximum Gasteiger partial charge on any atom is 0.249 e. The standard InChI is InChI=1S/C13H18N6O2/c1-10-13-15-5-11(6-17-9-14-8-16-17)19(13)4-3-18(10)12(20)7-21-2/h5,8-10H,3-4,6-7H2,1-2H3/t10-/m1/s1. The number of nitrogens with zero attached hydrogens (tertiary/aromatic N) is 6. The molecule has 3 rings (SSSR count). The molecule has 1 aliphatic rings. The Hall–Kier alpha value is -2.22. The van der Waals surface area contributed by atoms with Crippen molar-refractivity contribution in [2.75, 3.05) is 20.3 Å². The van der Waals surface area contributed by atoms with Crippen molar-refractivity contribution in [1.29, 1.82) is 0 Å². The van der Waals surface area contributed by atoms with Crippen LogP contribution in [-0.4, -0.2) is 55.4 Å². The first-order valence-electron chi connectivity index (χ1n) is 6.86. The van der Waals surface area contributed by atoms with Gasteiger partial charge in [-0.2, -0.15) is 5.10 Å². The number of hydrogen-bond donors (Lipinski definition) is 0. The van der Waals surface area contributed by atoms with Crippen molar-refractivity contribution in [2.45, 2.75) is 26.1 Å². The quantitative estimate of drug-likeness (QED) is 0.796. The van der Waals surface area contributed by atoms with E-state index in [0.717, 1.165) is 18.1 Å². The Morgan fingerprint density at radius 3 is 3.05 bits per heavy atom. The highest BCUT2D eigenvalue weighted by Gasteiger charge is 2.30. The number of aromatic nitrogens is 5. The average Bonchev–Trinajstić information content (AvgIpc) is 3.10. The van der Waals surface area contributed by atoms with E-state index in [-0.39, 0.29) is 18.6 Å². The van der Waals surface area contributed by atoms with Crippen LogP contribution in [0.4, 0.5) is 0 Å². The minimum absolute atomic E-state index is 0.00271. The molecule has 0 saturated carbocycles. The molecule has 21 heavy (non-hydrogen) atoms. The molecule has 112 valence electrons. The number of ether oxygens (including phenoxy) is 1. The van der Waals surface area contributed by atoms with Crippen LogP contribution in [0, 0.1) is 0 Å². The maximum atomic E-state index is 12.0. The summed E-state index contributed by atoms with van der Waals surface area (Å²) in [4.78, 5) is 22.3. The smallest absolute Gasteiger partial charge is 0.249 e. The van der Waals surface area contributed by atoms with Crippen LogP contribution >= 0.6 is 0 Å². The van der Waals surface area contributed by atoms with E-state index < -0.39 is 0 Å². The van der Waals surface area contributed by atoms with E-state index in [4.69, 9.17) is 4.74 Å². The molecule has 2 aromatic heterocycles. The number of carbonyl (C=O) groups excluding carboxylic acids is 1. The van der Waals surface area contributed by atoms with Gasteiger partial charge in [-0.25, -0.2) is 14.6 Å². The molecule has 0 N–H and O–H groups in total. The Morgan fingerprint density at radius 2 is 2.33 bits per heavy atom. The van der Waals surface area contributed by atoms with Gasteiger partial charge in [0.15, 0.2) is 0 Å². The summed E-state index contributed by atoms with van der Waals surface area (Å²) in [5, 5.41) is 4.11. The predicted octanol–water partition coefficient (Wildman–Crippen LogP) is 0.0725. The van der Waals surface area contributed by atoms with Crippen LogP contribution in [-0.2, 0) is 22.6 Å². The average molecular weight is 290 g/mol. The molecule has 8 nitrogen and oxygen atoms in total. The molecule has 0 aliphatic carbocycles. The predicted molar refractivity (Wildman–Crippen MR) is 73.4 cm³/mol. The summed E-state index contributed by atoms with van der Waals surface area (Å²) < 4.78 is 8.85. The van der Waals surface area contributed by atoms with Gasteiger partial charge >= 0.3 is 0 Å². The lowest BCUT2D eigenvalue weighted by atomic mass is 10.2. The van der Waals surface area contributed by atoms with Gasteiger partial charge in [0, 0.05) is 20.2 Å². The number of fused-ring (bicyclic) bond motifs is 1. The van der Waals surface area contributed by atoms with Crippen molar-refractivity contribution in [3.63, 3.8) is 0 Å². The molecule has 1 amide bonds. The molecule has 8 heteroatoms. The monoisotopic (exact) mass is 290 g/mol. The highest BCUT2D eigenvalue weighted by Crippen LogP contribution is 2.25. The topological polar surface area (TPSA) is 78.1 Å². The van der Waals surface area contributed by atoms with Gasteiger partial charge in [-0.05, 0) is 6.92 Å². The second-order valence-corrected chi connectivity index (χ2v) is 5.05. The van der Waals surface area contributed by atoms with E-state index in [9.17, 15) is 4.79 Å². The second-order valence-electron chi connectivity index (χ2n) is 5.05. The molecule has 0 spiro atoms. The highest BCUT2D eigenvalue weighted by atomic mass is 16.5. The summed E-state index contributed by atoms with van der Waals surface area (Å²) in [6, 6.07) is -0.0501. The van der Waals surface area contributed by atoms with Crippen LogP contribution in [0.1, 0.15) is 24.5 Å². The van der Waals surface area contributed by atoms with Gasteiger partial charge in [0.1, 0.15) is 25.1 Å². The van der Waals surface area contributed by atoms with Gasteiger partial charge in [0.05, 0.1) is 24.5 Å². The molecular formula is C13H18N6O2. The fraction of sp³-hybridized carbons (Fsp3) is 0.538. The SMILES string of the molecule is COCC(=O)N1CCn2c(Cn3cncn3)cnc2[C@H]1C. The third-order valence-corrected chi connectivity index (χ3v) is 3.75. The summed E-state index contributed by atoms with van der Waals surface area (Å²) in [6.45, 7) is 4.13. The highest BCUT2D eigenvalue weighted by molar-refractivity contribution is 5.78. The van der Waals surface area contributed by atoms with Gasteiger partial charge in [-0.1, -0.05) is 0 Å². The fourth-order valence-corrected chi connectivity index (χ4v) is 2.71. The zero-order chi connectivity index (χ0) is 14.8. The molecule has 0 aromatic carbocycles. The van der Waals surface area contributed by atoms with Crippen molar-refractivity contribution < 1.29 is 9.53 Å². The first-order chi connectivity index (χ1) is 10.2. The van der Waals surface area contributed by atoms with E-state index in [1.165, 1.54) is 13.4 Å². The Morgan fingerprint density at radius 1 is 1.48 bits per heavy atom. The molecular weight excluding hydrogens is 272 g/mol. The first kappa shape index (κ1) is 13.7. The number of rotatable bonds is 4. The van der Waals surface area contributed by atoms with Crippen LogP contribution in [0.3, 0.4) is 0 Å². The van der Waals surface area contributed by atoms with Crippen molar-refractivity contribution in [2.24, 2.45) is 0 Å². The fourth-order valence-electron chi connectivity index (χ4n) is 2.71. The van der Waals surface area contributed by atoms with E-state index in [1.54, 1.807) is 11.0 Å². The Labute approximate surface area is 122 Å². The molecule has 0 bridgehead atoms. The summed E-state index contributed by atoms with van der Waals surface area (Å²) >= 11 is 0. The number of imidazole rings is 1. The van der Waals surface area contributed by atoms with Crippen molar-refractivity contribution >= 4 is 5.91 Å². The number of hydrogen-bond acceptors (Lipinski definition) is 5. The summed E-state index contributed by atoms with van der Waals surface area (Å²) in [5.74, 6) is 0.901. The molecule has 0 saturated heterocycles. The Balaban J connectivity index is 1.80. The van der Waals surface area contributed by atoms with Gasteiger partial charge < -0.3 is 14.2 Å². The van der Waals surface area contributed by atoms with Gasteiger partial charge in [-0.15, -0.1) is 0 Å². The zero-order valence-corrected chi connectivity index (χ0v) is 12.1. The molecule has 0 unspecified atom stereocenters. The minimum Gasteiger partial charge on any atom is -0.375 e. The van der Waals surface area contributed by atoms with Crippen molar-refractivity contribution in [1.82, 2.24) is 29.2 Å². The second kappa shape index (κ2) is 5.65. The van der Waals surface area contributed by atoms with E-state index in [0.29, 0.717) is 13.1 Å². The van der Waals surface area contributed by atoms with E-state index in [2.05, 4.69) is 19.6 Å². The third kappa shape index (κ3) is 2.54. The van der Waals surface area contributed by atoms with E-state index >= 15 is 0 Å². The van der Waals surface area contributed by atoms with Gasteiger partial charge in [-0.3, -0.25) is 4.79 Å².